The van der Waals surface area contributed by atoms with Crippen LogP contribution in [0.1, 0.15) is 16.8 Å². The van der Waals surface area contributed by atoms with Crippen molar-refractivity contribution in [2.75, 3.05) is 25.2 Å². The summed E-state index contributed by atoms with van der Waals surface area (Å²) in [7, 11) is 1.17. The smallest absolute Gasteiger partial charge is 0.340 e. The van der Waals surface area contributed by atoms with Crippen LogP contribution in [-0.2, 0) is 9.53 Å². The number of hydrogen-bond acceptors (Lipinski definition) is 4. The second kappa shape index (κ2) is 5.36. The lowest BCUT2D eigenvalue weighted by atomic mass is 10.1. The summed E-state index contributed by atoms with van der Waals surface area (Å²) in [5, 5.41) is 9.04. The van der Waals surface area contributed by atoms with Gasteiger partial charge in [0.2, 0.25) is 5.91 Å². The van der Waals surface area contributed by atoms with E-state index in [9.17, 15) is 14.0 Å². The molecule has 1 saturated heterocycles. The number of nitrogens with zero attached hydrogens (tertiary/aromatic N) is 1. The molecule has 2 rings (SSSR count). The third-order valence-corrected chi connectivity index (χ3v) is 3.13. The molecule has 5 nitrogen and oxygen atoms in total. The number of methoxy groups -OCH3 is 1. The van der Waals surface area contributed by atoms with E-state index in [0.29, 0.717) is 12.2 Å². The summed E-state index contributed by atoms with van der Waals surface area (Å²) in [6.45, 7) is 0.275. The Morgan fingerprint density at radius 1 is 1.58 bits per heavy atom. The lowest BCUT2D eigenvalue weighted by molar-refractivity contribution is -0.117. The van der Waals surface area contributed by atoms with Crippen LogP contribution in [0.4, 0.5) is 10.1 Å². The van der Waals surface area contributed by atoms with Crippen molar-refractivity contribution >= 4 is 17.6 Å². The normalized spacial score (nSPS) is 18.8. The molecule has 6 heteroatoms. The highest BCUT2D eigenvalue weighted by Crippen LogP contribution is 2.26. The van der Waals surface area contributed by atoms with Crippen molar-refractivity contribution in [3.8, 4) is 0 Å². The molecule has 102 valence electrons. The number of halogens is 1. The Morgan fingerprint density at radius 2 is 2.32 bits per heavy atom. The van der Waals surface area contributed by atoms with Gasteiger partial charge in [-0.2, -0.15) is 0 Å². The van der Waals surface area contributed by atoms with Crippen molar-refractivity contribution in [1.82, 2.24) is 0 Å². The zero-order valence-corrected chi connectivity index (χ0v) is 10.4. The third-order valence-electron chi connectivity index (χ3n) is 3.13. The summed E-state index contributed by atoms with van der Waals surface area (Å²) < 4.78 is 18.2. The molecule has 0 aliphatic carbocycles. The molecule has 0 saturated carbocycles. The Morgan fingerprint density at radius 3 is 2.84 bits per heavy atom. The zero-order valence-electron chi connectivity index (χ0n) is 10.4. The van der Waals surface area contributed by atoms with Gasteiger partial charge in [0, 0.05) is 31.2 Å². The average molecular weight is 267 g/mol. The van der Waals surface area contributed by atoms with Gasteiger partial charge in [0.1, 0.15) is 5.82 Å². The Hall–Kier alpha value is -1.95. The Balaban J connectivity index is 2.25. The van der Waals surface area contributed by atoms with Crippen molar-refractivity contribution in [2.45, 2.75) is 6.42 Å². The molecule has 1 unspecified atom stereocenters. The number of ether oxygens (including phenoxy) is 1. The molecular formula is C13H14FNO4. The Bertz CT molecular complexity index is 517. The molecule has 1 heterocycles. The van der Waals surface area contributed by atoms with Gasteiger partial charge in [0.05, 0.1) is 12.7 Å². The summed E-state index contributed by atoms with van der Waals surface area (Å²) in [6.07, 6.45) is 0.247. The second-order valence-electron chi connectivity index (χ2n) is 4.41. The van der Waals surface area contributed by atoms with Crippen LogP contribution in [-0.4, -0.2) is 37.2 Å². The fourth-order valence-electron chi connectivity index (χ4n) is 2.10. The molecule has 1 aromatic carbocycles. The first-order valence-corrected chi connectivity index (χ1v) is 5.86. The zero-order chi connectivity index (χ0) is 14.0. The number of amides is 1. The number of esters is 1. The average Bonchev–Trinajstić information content (AvgIpc) is 2.79. The van der Waals surface area contributed by atoms with Crippen LogP contribution in [0.5, 0.6) is 0 Å². The highest BCUT2D eigenvalue weighted by Gasteiger charge is 2.30. The number of benzene rings is 1. The molecule has 0 radical (unpaired) electrons. The number of aliphatic hydroxyl groups excluding tert-OH is 1. The van der Waals surface area contributed by atoms with Gasteiger partial charge >= 0.3 is 5.97 Å². The van der Waals surface area contributed by atoms with Crippen LogP contribution in [0.15, 0.2) is 18.2 Å². The van der Waals surface area contributed by atoms with Crippen LogP contribution in [0.2, 0.25) is 0 Å². The number of carbonyl (C=O) groups excluding carboxylic acids is 2. The summed E-state index contributed by atoms with van der Waals surface area (Å²) in [6, 6.07) is 3.91. The van der Waals surface area contributed by atoms with Gasteiger partial charge in [-0.25, -0.2) is 9.18 Å². The van der Waals surface area contributed by atoms with E-state index in [-0.39, 0.29) is 30.4 Å². The van der Waals surface area contributed by atoms with Crippen LogP contribution in [0.25, 0.3) is 0 Å². The van der Waals surface area contributed by atoms with Crippen LogP contribution < -0.4 is 4.90 Å². The fourth-order valence-corrected chi connectivity index (χ4v) is 2.10. The second-order valence-corrected chi connectivity index (χ2v) is 4.41. The summed E-state index contributed by atoms with van der Waals surface area (Å²) in [4.78, 5) is 24.4. The molecule has 1 amide bonds. The minimum atomic E-state index is -0.759. The highest BCUT2D eigenvalue weighted by molar-refractivity contribution is 5.96. The lowest BCUT2D eigenvalue weighted by Gasteiger charge is -2.17. The van der Waals surface area contributed by atoms with Gasteiger partial charge in [-0.05, 0) is 18.2 Å². The van der Waals surface area contributed by atoms with Crippen LogP contribution >= 0.6 is 0 Å². The first-order valence-electron chi connectivity index (χ1n) is 5.86. The van der Waals surface area contributed by atoms with Crippen LogP contribution in [0.3, 0.4) is 0 Å². The van der Waals surface area contributed by atoms with E-state index in [0.717, 1.165) is 6.07 Å². The number of hydrogen-bond donors (Lipinski definition) is 1. The SMILES string of the molecule is COC(=O)c1ccc(N2CC(CO)CC2=O)cc1F. The van der Waals surface area contributed by atoms with Gasteiger partial charge in [-0.1, -0.05) is 0 Å². The van der Waals surface area contributed by atoms with Crippen molar-refractivity contribution in [3.63, 3.8) is 0 Å². The molecule has 1 fully saturated rings. The van der Waals surface area contributed by atoms with Crippen LogP contribution in [0, 0.1) is 11.7 Å². The van der Waals surface area contributed by atoms with E-state index in [1.807, 2.05) is 0 Å². The molecule has 1 atom stereocenters. The molecule has 1 aliphatic rings. The largest absolute Gasteiger partial charge is 0.465 e. The lowest BCUT2D eigenvalue weighted by Crippen LogP contribution is -2.25. The maximum atomic E-state index is 13.8. The topological polar surface area (TPSA) is 66.8 Å². The van der Waals surface area contributed by atoms with E-state index >= 15 is 0 Å². The predicted octanol–water partition coefficient (Wildman–Crippen LogP) is 0.958. The van der Waals surface area contributed by atoms with E-state index in [4.69, 9.17) is 5.11 Å². The van der Waals surface area contributed by atoms with Gasteiger partial charge in [0.15, 0.2) is 0 Å². The Kier molecular flexibility index (Phi) is 3.80. The minimum absolute atomic E-state index is 0.0784. The fraction of sp³-hybridized carbons (Fsp3) is 0.385. The molecule has 1 aromatic rings. The first kappa shape index (κ1) is 13.5. The molecule has 0 aromatic heterocycles. The number of carbonyl (C=O) groups is 2. The van der Waals surface area contributed by atoms with E-state index in [2.05, 4.69) is 4.74 Å². The maximum Gasteiger partial charge on any atom is 0.340 e. The quantitative estimate of drug-likeness (QED) is 0.828. The maximum absolute atomic E-state index is 13.8. The molecule has 0 spiro atoms. The molecule has 0 bridgehead atoms. The minimum Gasteiger partial charge on any atom is -0.465 e. The predicted molar refractivity (Wildman–Crippen MR) is 65.3 cm³/mol. The first-order chi connectivity index (χ1) is 9.06. The number of aliphatic hydroxyl groups is 1. The van der Waals surface area contributed by atoms with Crippen molar-refractivity contribution in [3.05, 3.63) is 29.6 Å². The summed E-state index contributed by atoms with van der Waals surface area (Å²) in [5.41, 5.74) is 0.211. The summed E-state index contributed by atoms with van der Waals surface area (Å²) in [5.74, 6) is -1.78. The number of rotatable bonds is 3. The molecule has 19 heavy (non-hydrogen) atoms. The van der Waals surface area contributed by atoms with Crippen molar-refractivity contribution in [2.24, 2.45) is 5.92 Å². The van der Waals surface area contributed by atoms with Gasteiger partial charge in [-0.3, -0.25) is 4.79 Å². The Labute approximate surface area is 109 Å². The molecule has 1 aliphatic heterocycles. The number of anilines is 1. The van der Waals surface area contributed by atoms with E-state index in [1.165, 1.54) is 24.1 Å². The van der Waals surface area contributed by atoms with Gasteiger partial charge < -0.3 is 14.7 Å². The van der Waals surface area contributed by atoms with E-state index in [1.54, 1.807) is 0 Å². The summed E-state index contributed by atoms with van der Waals surface area (Å²) >= 11 is 0. The monoisotopic (exact) mass is 267 g/mol. The molecular weight excluding hydrogens is 253 g/mol. The van der Waals surface area contributed by atoms with Crippen molar-refractivity contribution < 1.29 is 23.8 Å². The molecule has 1 N–H and O–H groups in total. The van der Waals surface area contributed by atoms with Gasteiger partial charge in [0.25, 0.3) is 0 Å². The van der Waals surface area contributed by atoms with Crippen molar-refractivity contribution in [1.29, 1.82) is 0 Å². The van der Waals surface area contributed by atoms with Gasteiger partial charge in [-0.15, -0.1) is 0 Å². The van der Waals surface area contributed by atoms with E-state index < -0.39 is 11.8 Å². The standard InChI is InChI=1S/C13H14FNO4/c1-19-13(18)10-3-2-9(5-11(10)14)15-6-8(7-16)4-12(15)17/h2-3,5,8,16H,4,6-7H2,1H3. The third kappa shape index (κ3) is 2.58. The highest BCUT2D eigenvalue weighted by atomic mass is 19.1.